The van der Waals surface area contributed by atoms with Crippen molar-refractivity contribution in [2.45, 2.75) is 6.54 Å². The van der Waals surface area contributed by atoms with Crippen LogP contribution in [0.4, 0.5) is 5.69 Å². The normalized spacial score (nSPS) is 12.2. The van der Waals surface area contributed by atoms with Crippen LogP contribution in [0, 0.1) is 0 Å². The molecule has 1 aliphatic rings. The molecule has 5 rings (SSSR count). The molecule has 0 spiro atoms. The molecule has 1 N–H and O–H groups in total. The second-order valence-corrected chi connectivity index (χ2v) is 8.90. The van der Waals surface area contributed by atoms with Crippen LogP contribution < -0.4 is 29.7 Å². The molecule has 2 heterocycles. The van der Waals surface area contributed by atoms with Crippen LogP contribution in [0.2, 0.25) is 5.02 Å². The minimum absolute atomic E-state index is 0.0980. The monoisotopic (exact) mass is 534 g/mol. The molecule has 9 nitrogen and oxygen atoms in total. The number of hydrogen-bond acceptors (Lipinski definition) is 7. The average Bonchev–Trinajstić information content (AvgIpc) is 2.93. The number of amides is 1. The lowest BCUT2D eigenvalue weighted by Gasteiger charge is -2.19. The predicted octanol–water partition coefficient (Wildman–Crippen LogP) is 4.31. The van der Waals surface area contributed by atoms with Gasteiger partial charge < -0.3 is 28.8 Å². The lowest BCUT2D eigenvalue weighted by molar-refractivity contribution is -0.116. The van der Waals surface area contributed by atoms with Gasteiger partial charge in [-0.2, -0.15) is 0 Å². The van der Waals surface area contributed by atoms with E-state index in [1.807, 2.05) is 0 Å². The van der Waals surface area contributed by atoms with Crippen molar-refractivity contribution >= 4 is 39.9 Å². The molecule has 0 saturated carbocycles. The van der Waals surface area contributed by atoms with Gasteiger partial charge in [0.25, 0.3) is 0 Å². The second-order valence-electron chi connectivity index (χ2n) is 8.47. The Labute approximate surface area is 222 Å². The van der Waals surface area contributed by atoms with Crippen LogP contribution in [-0.4, -0.2) is 43.7 Å². The highest BCUT2D eigenvalue weighted by Gasteiger charge is 2.21. The molecule has 4 aromatic rings. The number of pyridine rings is 1. The van der Waals surface area contributed by atoms with Gasteiger partial charge in [-0.15, -0.1) is 0 Å². The Bertz CT molecular complexity index is 1610. The topological polar surface area (TPSA) is 105 Å². The van der Waals surface area contributed by atoms with Gasteiger partial charge in [-0.25, -0.2) is 0 Å². The molecule has 0 aliphatic carbocycles. The summed E-state index contributed by atoms with van der Waals surface area (Å²) < 4.78 is 23.4. The first-order valence-electron chi connectivity index (χ1n) is 11.7. The Morgan fingerprint density at radius 2 is 1.63 bits per heavy atom. The highest BCUT2D eigenvalue weighted by atomic mass is 35.5. The quantitative estimate of drug-likeness (QED) is 0.352. The summed E-state index contributed by atoms with van der Waals surface area (Å²) in [5.74, 6) is 0.955. The van der Waals surface area contributed by atoms with Gasteiger partial charge in [0.1, 0.15) is 19.8 Å². The summed E-state index contributed by atoms with van der Waals surface area (Å²) in [4.78, 5) is 39.9. The molecule has 1 aliphatic heterocycles. The fourth-order valence-corrected chi connectivity index (χ4v) is 4.37. The first-order chi connectivity index (χ1) is 18.4. The summed E-state index contributed by atoms with van der Waals surface area (Å²) in [6, 6.07) is 14.4. The maximum absolute atomic E-state index is 13.5. The smallest absolute Gasteiger partial charge is 0.244 e. The van der Waals surface area contributed by atoms with E-state index in [9.17, 15) is 14.4 Å². The molecule has 3 aromatic carbocycles. The number of halogens is 1. The van der Waals surface area contributed by atoms with E-state index in [-0.39, 0.29) is 23.4 Å². The van der Waals surface area contributed by atoms with Crippen molar-refractivity contribution in [1.82, 2.24) is 4.57 Å². The number of ether oxygens (including phenoxy) is 4. The zero-order valence-corrected chi connectivity index (χ0v) is 21.3. The van der Waals surface area contributed by atoms with Crippen molar-refractivity contribution in [3.63, 3.8) is 0 Å². The fraction of sp³-hybridized carbons (Fsp3) is 0.179. The van der Waals surface area contributed by atoms with Crippen LogP contribution in [0.1, 0.15) is 15.9 Å². The first kappa shape index (κ1) is 25.2. The summed E-state index contributed by atoms with van der Waals surface area (Å²) in [6.45, 7) is 0.689. The van der Waals surface area contributed by atoms with Gasteiger partial charge in [-0.3, -0.25) is 14.4 Å². The van der Waals surface area contributed by atoms with Crippen molar-refractivity contribution in [2.24, 2.45) is 0 Å². The fourth-order valence-electron chi connectivity index (χ4n) is 4.24. The van der Waals surface area contributed by atoms with E-state index < -0.39 is 11.2 Å². The Kier molecular flexibility index (Phi) is 6.93. The lowest BCUT2D eigenvalue weighted by Crippen LogP contribution is -2.24. The third kappa shape index (κ3) is 4.88. The molecular weight excluding hydrogens is 512 g/mol. The molecule has 0 fully saturated rings. The Morgan fingerprint density at radius 1 is 0.947 bits per heavy atom. The summed E-state index contributed by atoms with van der Waals surface area (Å²) in [7, 11) is 2.92. The number of carbonyl (C=O) groups is 2. The van der Waals surface area contributed by atoms with E-state index in [1.165, 1.54) is 31.0 Å². The zero-order chi connectivity index (χ0) is 26.8. The van der Waals surface area contributed by atoms with Gasteiger partial charge in [0.05, 0.1) is 30.7 Å². The van der Waals surface area contributed by atoms with E-state index in [2.05, 4.69) is 5.32 Å². The number of carbonyl (C=O) groups excluding carboxylic acids is 2. The van der Waals surface area contributed by atoms with E-state index in [0.717, 1.165) is 0 Å². The highest BCUT2D eigenvalue weighted by molar-refractivity contribution is 6.30. The number of benzene rings is 3. The Balaban J connectivity index is 1.55. The Hall–Kier alpha value is -4.50. The predicted molar refractivity (Wildman–Crippen MR) is 142 cm³/mol. The summed E-state index contributed by atoms with van der Waals surface area (Å²) in [5.41, 5.74) is 0.612. The molecule has 0 radical (unpaired) electrons. The molecule has 38 heavy (non-hydrogen) atoms. The van der Waals surface area contributed by atoms with Crippen LogP contribution in [-0.2, 0) is 11.3 Å². The summed E-state index contributed by atoms with van der Waals surface area (Å²) >= 11 is 5.96. The number of nitrogens with zero attached hydrogens (tertiary/aromatic N) is 1. The van der Waals surface area contributed by atoms with Crippen LogP contribution in [0.3, 0.4) is 0 Å². The first-order valence-corrected chi connectivity index (χ1v) is 12.0. The molecule has 0 saturated heterocycles. The highest BCUT2D eigenvalue weighted by Crippen LogP contribution is 2.33. The number of ketones is 1. The van der Waals surface area contributed by atoms with Gasteiger partial charge >= 0.3 is 0 Å². The molecule has 1 aromatic heterocycles. The van der Waals surface area contributed by atoms with E-state index in [4.69, 9.17) is 30.5 Å². The Morgan fingerprint density at radius 3 is 2.34 bits per heavy atom. The molecule has 10 heteroatoms. The van der Waals surface area contributed by atoms with Crippen LogP contribution in [0.25, 0.3) is 10.9 Å². The van der Waals surface area contributed by atoms with Crippen molar-refractivity contribution < 1.29 is 28.5 Å². The standard InChI is InChI=1S/C28H23ClN2O7/c1-35-23-12-19-21(13-24(23)36-2)31(14-20(28(19)34)27(33)16-3-5-17(29)6-4-16)15-26(32)30-18-7-8-22-25(11-18)38-10-9-37-22/h3-8,11-14H,9-10,15H2,1-2H3,(H,30,32). The van der Waals surface area contributed by atoms with Crippen LogP contribution in [0.5, 0.6) is 23.0 Å². The minimum Gasteiger partial charge on any atom is -0.493 e. The van der Waals surface area contributed by atoms with Gasteiger partial charge in [-0.05, 0) is 42.5 Å². The lowest BCUT2D eigenvalue weighted by atomic mass is 10.0. The van der Waals surface area contributed by atoms with Crippen molar-refractivity contribution in [2.75, 3.05) is 32.8 Å². The number of hydrogen-bond donors (Lipinski definition) is 1. The third-order valence-electron chi connectivity index (χ3n) is 6.08. The maximum atomic E-state index is 13.5. The number of fused-ring (bicyclic) bond motifs is 2. The van der Waals surface area contributed by atoms with E-state index >= 15 is 0 Å². The molecule has 0 atom stereocenters. The number of methoxy groups -OCH3 is 2. The SMILES string of the molecule is COc1cc2c(=O)c(C(=O)c3ccc(Cl)cc3)cn(CC(=O)Nc3ccc4c(c3)OCCO4)c2cc1OC. The third-order valence-corrected chi connectivity index (χ3v) is 6.33. The zero-order valence-electron chi connectivity index (χ0n) is 20.6. The van der Waals surface area contributed by atoms with E-state index in [0.29, 0.717) is 58.0 Å². The van der Waals surface area contributed by atoms with Crippen molar-refractivity contribution in [1.29, 1.82) is 0 Å². The van der Waals surface area contributed by atoms with E-state index in [1.54, 1.807) is 48.5 Å². The average molecular weight is 535 g/mol. The molecule has 0 unspecified atom stereocenters. The molecule has 1 amide bonds. The van der Waals surface area contributed by atoms with Crippen molar-refractivity contribution in [3.8, 4) is 23.0 Å². The van der Waals surface area contributed by atoms with Crippen molar-refractivity contribution in [3.05, 3.63) is 87.2 Å². The van der Waals surface area contributed by atoms with Gasteiger partial charge in [-0.1, -0.05) is 11.6 Å². The molecule has 0 bridgehead atoms. The summed E-state index contributed by atoms with van der Waals surface area (Å²) in [5, 5.41) is 3.50. The molecule has 194 valence electrons. The minimum atomic E-state index is -0.496. The largest absolute Gasteiger partial charge is 0.493 e. The second kappa shape index (κ2) is 10.5. The number of rotatable bonds is 7. The molecular formula is C28H23ClN2O7. The summed E-state index contributed by atoms with van der Waals surface area (Å²) in [6.07, 6.45) is 1.39. The maximum Gasteiger partial charge on any atom is 0.244 e. The number of aromatic nitrogens is 1. The van der Waals surface area contributed by atoms with Crippen LogP contribution in [0.15, 0.2) is 65.6 Å². The van der Waals surface area contributed by atoms with Crippen LogP contribution >= 0.6 is 11.6 Å². The van der Waals surface area contributed by atoms with Gasteiger partial charge in [0, 0.05) is 34.6 Å². The van der Waals surface area contributed by atoms with Gasteiger partial charge in [0.2, 0.25) is 11.3 Å². The van der Waals surface area contributed by atoms with Gasteiger partial charge in [0.15, 0.2) is 28.8 Å². The number of nitrogens with one attached hydrogen (secondary N) is 1. The number of anilines is 1.